The molecule has 4 nitrogen and oxygen atoms in total. The van der Waals surface area contributed by atoms with Crippen molar-refractivity contribution in [2.75, 3.05) is 6.54 Å². The molecule has 1 saturated heterocycles. The zero-order valence-electron chi connectivity index (χ0n) is 14.3. The van der Waals surface area contributed by atoms with Crippen LogP contribution in [0.2, 0.25) is 0 Å². The Labute approximate surface area is 129 Å². The molecule has 2 amide bonds. The Balaban J connectivity index is 3.19. The fourth-order valence-electron chi connectivity index (χ4n) is 2.90. The number of carbonyl (C=O) groups is 2. The summed E-state index contributed by atoms with van der Waals surface area (Å²) in [7, 11) is 0. The third kappa shape index (κ3) is 3.47. The van der Waals surface area contributed by atoms with Crippen LogP contribution >= 0.6 is 0 Å². The van der Waals surface area contributed by atoms with E-state index in [1.54, 1.807) is 4.90 Å². The minimum atomic E-state index is -0.726. The highest BCUT2D eigenvalue weighted by molar-refractivity contribution is 6.00. The highest BCUT2D eigenvalue weighted by Gasteiger charge is 2.49. The second kappa shape index (κ2) is 7.10. The first-order chi connectivity index (χ1) is 9.82. The molecule has 1 aliphatic heterocycles. The van der Waals surface area contributed by atoms with Crippen molar-refractivity contribution in [3.63, 3.8) is 0 Å². The molecule has 1 N–H and O–H groups in total. The summed E-state index contributed by atoms with van der Waals surface area (Å²) in [4.78, 5) is 27.4. The van der Waals surface area contributed by atoms with Gasteiger partial charge in [0.05, 0.1) is 0 Å². The third-order valence-corrected chi connectivity index (χ3v) is 4.72. The first-order valence-corrected chi connectivity index (χ1v) is 8.09. The van der Waals surface area contributed by atoms with Crippen LogP contribution in [0.4, 0.5) is 0 Å². The lowest BCUT2D eigenvalue weighted by atomic mass is 9.84. The summed E-state index contributed by atoms with van der Waals surface area (Å²) >= 11 is 0. The Morgan fingerprint density at radius 1 is 1.29 bits per heavy atom. The number of amides is 2. The van der Waals surface area contributed by atoms with Crippen molar-refractivity contribution in [3.05, 3.63) is 11.6 Å². The molecule has 4 heteroatoms. The van der Waals surface area contributed by atoms with Gasteiger partial charge in [-0.15, -0.1) is 0 Å². The highest BCUT2D eigenvalue weighted by atomic mass is 16.2. The maximum absolute atomic E-state index is 13.0. The van der Waals surface area contributed by atoms with Crippen molar-refractivity contribution in [3.8, 4) is 0 Å². The van der Waals surface area contributed by atoms with E-state index in [4.69, 9.17) is 0 Å². The summed E-state index contributed by atoms with van der Waals surface area (Å²) in [6.07, 6.45) is 4.17. The SMILES string of the molecule is CCC(C)C1C(=O)NC(CC)(CC)C(=O)N1CC=C(C)C. The lowest BCUT2D eigenvalue weighted by Gasteiger charge is -2.47. The van der Waals surface area contributed by atoms with E-state index < -0.39 is 5.54 Å². The van der Waals surface area contributed by atoms with Crippen molar-refractivity contribution >= 4 is 11.8 Å². The Bertz CT molecular complexity index is 421. The molecular formula is C17H30N2O2. The van der Waals surface area contributed by atoms with Crippen molar-refractivity contribution in [1.82, 2.24) is 10.2 Å². The highest BCUT2D eigenvalue weighted by Crippen LogP contribution is 2.28. The molecule has 1 rings (SSSR count). The average Bonchev–Trinajstić information content (AvgIpc) is 2.46. The zero-order chi connectivity index (χ0) is 16.2. The lowest BCUT2D eigenvalue weighted by molar-refractivity contribution is -0.156. The molecule has 120 valence electrons. The predicted molar refractivity (Wildman–Crippen MR) is 85.8 cm³/mol. The molecule has 21 heavy (non-hydrogen) atoms. The van der Waals surface area contributed by atoms with Crippen LogP contribution in [0.3, 0.4) is 0 Å². The van der Waals surface area contributed by atoms with E-state index in [2.05, 4.69) is 12.2 Å². The molecule has 1 heterocycles. The van der Waals surface area contributed by atoms with E-state index >= 15 is 0 Å². The number of carbonyl (C=O) groups excluding carboxylic acids is 2. The predicted octanol–water partition coefficient (Wildman–Crippen LogP) is 2.88. The van der Waals surface area contributed by atoms with Gasteiger partial charge in [0.1, 0.15) is 11.6 Å². The monoisotopic (exact) mass is 294 g/mol. The van der Waals surface area contributed by atoms with E-state index in [1.165, 1.54) is 0 Å². The standard InChI is InChI=1S/C17H30N2O2/c1-7-13(6)14-15(20)18-17(8-2,9-3)16(21)19(14)11-10-12(4)5/h10,13-14H,7-9,11H2,1-6H3,(H,18,20). The Morgan fingerprint density at radius 3 is 2.29 bits per heavy atom. The molecule has 0 aliphatic carbocycles. The van der Waals surface area contributed by atoms with E-state index in [1.807, 2.05) is 40.7 Å². The second-order valence-electron chi connectivity index (χ2n) is 6.35. The number of piperazine rings is 1. The molecular weight excluding hydrogens is 264 g/mol. The molecule has 0 aromatic carbocycles. The molecule has 0 radical (unpaired) electrons. The molecule has 0 spiro atoms. The summed E-state index contributed by atoms with van der Waals surface area (Å²) in [6.45, 7) is 12.6. The quantitative estimate of drug-likeness (QED) is 0.766. The van der Waals surface area contributed by atoms with Gasteiger partial charge in [0.25, 0.3) is 0 Å². The maximum Gasteiger partial charge on any atom is 0.249 e. The number of nitrogens with zero attached hydrogens (tertiary/aromatic N) is 1. The third-order valence-electron chi connectivity index (χ3n) is 4.72. The molecule has 2 atom stereocenters. The van der Waals surface area contributed by atoms with Gasteiger partial charge in [-0.25, -0.2) is 0 Å². The summed E-state index contributed by atoms with van der Waals surface area (Å²) in [5, 5.41) is 3.01. The van der Waals surface area contributed by atoms with Gasteiger partial charge in [-0.2, -0.15) is 0 Å². The van der Waals surface area contributed by atoms with Gasteiger partial charge in [-0.3, -0.25) is 9.59 Å². The summed E-state index contributed by atoms with van der Waals surface area (Å²) < 4.78 is 0. The van der Waals surface area contributed by atoms with Crippen LogP contribution in [-0.2, 0) is 9.59 Å². The van der Waals surface area contributed by atoms with Crippen molar-refractivity contribution in [2.45, 2.75) is 72.4 Å². The lowest BCUT2D eigenvalue weighted by Crippen LogP contribution is -2.71. The normalized spacial score (nSPS) is 22.8. The average molecular weight is 294 g/mol. The topological polar surface area (TPSA) is 49.4 Å². The largest absolute Gasteiger partial charge is 0.340 e. The van der Waals surface area contributed by atoms with E-state index in [0.29, 0.717) is 19.4 Å². The Hall–Kier alpha value is -1.32. The summed E-state index contributed by atoms with van der Waals surface area (Å²) in [5.41, 5.74) is 0.437. The van der Waals surface area contributed by atoms with Crippen molar-refractivity contribution in [2.24, 2.45) is 5.92 Å². The van der Waals surface area contributed by atoms with Crippen molar-refractivity contribution < 1.29 is 9.59 Å². The van der Waals surface area contributed by atoms with Crippen LogP contribution in [0, 0.1) is 5.92 Å². The van der Waals surface area contributed by atoms with Gasteiger partial charge in [-0.05, 0) is 32.6 Å². The number of rotatable bonds is 6. The van der Waals surface area contributed by atoms with Crippen LogP contribution in [0.15, 0.2) is 11.6 Å². The van der Waals surface area contributed by atoms with Crippen LogP contribution in [0.25, 0.3) is 0 Å². The Morgan fingerprint density at radius 2 is 1.86 bits per heavy atom. The van der Waals surface area contributed by atoms with Gasteiger partial charge < -0.3 is 10.2 Å². The number of allylic oxidation sites excluding steroid dienone is 1. The van der Waals surface area contributed by atoms with Crippen LogP contribution in [0.5, 0.6) is 0 Å². The minimum absolute atomic E-state index is 0.00481. The molecule has 0 saturated carbocycles. The van der Waals surface area contributed by atoms with Gasteiger partial charge in [0.2, 0.25) is 11.8 Å². The zero-order valence-corrected chi connectivity index (χ0v) is 14.3. The van der Waals surface area contributed by atoms with E-state index in [-0.39, 0.29) is 23.8 Å². The van der Waals surface area contributed by atoms with Crippen molar-refractivity contribution in [1.29, 1.82) is 0 Å². The number of hydrogen-bond donors (Lipinski definition) is 1. The first-order valence-electron chi connectivity index (χ1n) is 8.09. The second-order valence-corrected chi connectivity index (χ2v) is 6.35. The molecule has 1 fully saturated rings. The maximum atomic E-state index is 13.0. The first kappa shape index (κ1) is 17.7. The fourth-order valence-corrected chi connectivity index (χ4v) is 2.90. The molecule has 1 aliphatic rings. The molecule has 0 aromatic rings. The summed E-state index contributed by atoms with van der Waals surface area (Å²) in [5.74, 6) is 0.218. The Kier molecular flexibility index (Phi) is 5.99. The van der Waals surface area contributed by atoms with Gasteiger partial charge in [-0.1, -0.05) is 45.8 Å². The minimum Gasteiger partial charge on any atom is -0.340 e. The van der Waals surface area contributed by atoms with Crippen LogP contribution in [-0.4, -0.2) is 34.8 Å². The molecule has 2 unspecified atom stereocenters. The van der Waals surface area contributed by atoms with E-state index in [0.717, 1.165) is 12.0 Å². The number of nitrogens with one attached hydrogen (secondary N) is 1. The number of hydrogen-bond acceptors (Lipinski definition) is 2. The van der Waals surface area contributed by atoms with Gasteiger partial charge in [0.15, 0.2) is 0 Å². The van der Waals surface area contributed by atoms with Gasteiger partial charge >= 0.3 is 0 Å². The summed E-state index contributed by atoms with van der Waals surface area (Å²) in [6, 6.07) is -0.357. The van der Waals surface area contributed by atoms with Crippen LogP contribution < -0.4 is 5.32 Å². The smallest absolute Gasteiger partial charge is 0.249 e. The van der Waals surface area contributed by atoms with Gasteiger partial charge in [0, 0.05) is 6.54 Å². The fraction of sp³-hybridized carbons (Fsp3) is 0.765. The molecule has 0 aromatic heterocycles. The van der Waals surface area contributed by atoms with Crippen LogP contribution in [0.1, 0.15) is 60.8 Å². The molecule has 0 bridgehead atoms. The van der Waals surface area contributed by atoms with E-state index in [9.17, 15) is 9.59 Å².